The Balaban J connectivity index is 1.50. The minimum atomic E-state index is 0.303. The van der Waals surface area contributed by atoms with Crippen molar-refractivity contribution in [2.45, 2.75) is 46.5 Å². The van der Waals surface area contributed by atoms with Crippen LogP contribution in [-0.2, 0) is 7.05 Å². The topological polar surface area (TPSA) is 21.9 Å². The van der Waals surface area contributed by atoms with Gasteiger partial charge in [-0.25, -0.2) is 4.57 Å². The highest BCUT2D eigenvalue weighted by molar-refractivity contribution is 6.13. The summed E-state index contributed by atoms with van der Waals surface area (Å²) in [7, 11) is 2.20. The monoisotopic (exact) mass is 625 g/mol. The fraction of sp³-hybridized carbons (Fsp3) is 0.178. The third-order valence-electron chi connectivity index (χ3n) is 9.94. The summed E-state index contributed by atoms with van der Waals surface area (Å²) >= 11 is 0. The molecule has 0 amide bonds. The fourth-order valence-corrected chi connectivity index (χ4v) is 7.52. The van der Waals surface area contributed by atoms with Gasteiger partial charge in [0.05, 0.1) is 7.05 Å². The molecule has 3 heteroatoms. The fourth-order valence-electron chi connectivity index (χ4n) is 7.52. The second-order valence-corrected chi connectivity index (χ2v) is 13.7. The van der Waals surface area contributed by atoms with Crippen molar-refractivity contribution in [2.75, 3.05) is 0 Å². The average Bonchev–Trinajstić information content (AvgIpc) is 3.63. The van der Waals surface area contributed by atoms with Crippen molar-refractivity contribution in [2.24, 2.45) is 7.05 Å². The van der Waals surface area contributed by atoms with E-state index in [-0.39, 0.29) is 0 Å². The first-order valence-electron chi connectivity index (χ1n) is 17.1. The maximum absolute atomic E-state index is 7.05. The van der Waals surface area contributed by atoms with Gasteiger partial charge in [0, 0.05) is 27.5 Å². The maximum atomic E-state index is 7.05. The predicted octanol–water partition coefficient (Wildman–Crippen LogP) is 11.9. The molecule has 0 aliphatic carbocycles. The number of aryl methyl sites for hydroxylation is 2. The summed E-state index contributed by atoms with van der Waals surface area (Å²) in [5.74, 6) is 1.73. The van der Waals surface area contributed by atoms with E-state index in [0.717, 1.165) is 44.5 Å². The Bertz CT molecular complexity index is 2430. The molecule has 0 fully saturated rings. The minimum absolute atomic E-state index is 0.303. The highest BCUT2D eigenvalue weighted by atomic mass is 16.3. The first-order chi connectivity index (χ1) is 23.3. The van der Waals surface area contributed by atoms with E-state index in [4.69, 9.17) is 4.42 Å². The SMILES string of the molecule is Cc1ccc2c(oc3c(-c4ccccc4)cccc32)c1-c1n(-c2c(C(C)C)cc(-c3ccccc3)cc2C(C)C)c2ccccc2[n+]1C. The largest absolute Gasteiger partial charge is 0.454 e. The zero-order valence-corrected chi connectivity index (χ0v) is 28.6. The Morgan fingerprint density at radius 2 is 1.19 bits per heavy atom. The normalized spacial score (nSPS) is 11.9. The number of hydrogen-bond donors (Lipinski definition) is 0. The summed E-state index contributed by atoms with van der Waals surface area (Å²) in [6.07, 6.45) is 0. The molecular formula is C45H41N2O+. The molecule has 236 valence electrons. The van der Waals surface area contributed by atoms with Crippen LogP contribution in [0.5, 0.6) is 0 Å². The van der Waals surface area contributed by atoms with Crippen LogP contribution in [-0.4, -0.2) is 4.57 Å². The van der Waals surface area contributed by atoms with Crippen LogP contribution in [0.3, 0.4) is 0 Å². The van der Waals surface area contributed by atoms with Gasteiger partial charge in [-0.05, 0) is 65.3 Å². The zero-order chi connectivity index (χ0) is 33.1. The molecule has 3 nitrogen and oxygen atoms in total. The van der Waals surface area contributed by atoms with E-state index in [1.807, 2.05) is 0 Å². The van der Waals surface area contributed by atoms with Crippen LogP contribution in [0, 0.1) is 6.92 Å². The van der Waals surface area contributed by atoms with Gasteiger partial charge in [0.2, 0.25) is 0 Å². The molecule has 0 atom stereocenters. The van der Waals surface area contributed by atoms with E-state index >= 15 is 0 Å². The lowest BCUT2D eigenvalue weighted by molar-refractivity contribution is -0.633. The van der Waals surface area contributed by atoms with Gasteiger partial charge in [0.1, 0.15) is 16.8 Å². The average molecular weight is 626 g/mol. The number of benzene rings is 6. The lowest BCUT2D eigenvalue weighted by Crippen LogP contribution is -2.30. The third-order valence-corrected chi connectivity index (χ3v) is 9.94. The van der Waals surface area contributed by atoms with Gasteiger partial charge >= 0.3 is 0 Å². The Labute approximate surface area is 282 Å². The standard InChI is InChI=1S/C45H41N2O/c1-28(2)37-26-33(31-16-9-7-10-17-31)27-38(29(3)4)42(37)47-40-23-14-13-22-39(40)46(6)45(47)41-30(5)24-25-36-35-21-15-20-34(43(35)48-44(36)41)32-18-11-8-12-19-32/h7-29H,1-6H3/q+1. The molecule has 2 heterocycles. The molecule has 0 aliphatic rings. The second-order valence-electron chi connectivity index (χ2n) is 13.7. The molecule has 0 unspecified atom stereocenters. The van der Waals surface area contributed by atoms with Crippen LogP contribution in [0.15, 0.2) is 132 Å². The summed E-state index contributed by atoms with van der Waals surface area (Å²) in [6.45, 7) is 11.5. The number of rotatable bonds is 6. The van der Waals surface area contributed by atoms with E-state index in [1.165, 1.54) is 44.5 Å². The molecule has 0 saturated heterocycles. The van der Waals surface area contributed by atoms with Crippen molar-refractivity contribution in [3.05, 3.63) is 144 Å². The van der Waals surface area contributed by atoms with Crippen molar-refractivity contribution in [1.29, 1.82) is 0 Å². The molecule has 2 aromatic heterocycles. The Morgan fingerprint density at radius 1 is 0.583 bits per heavy atom. The summed E-state index contributed by atoms with van der Waals surface area (Å²) in [6, 6.07) is 46.0. The van der Waals surface area contributed by atoms with Crippen LogP contribution < -0.4 is 4.57 Å². The number of hydrogen-bond acceptors (Lipinski definition) is 1. The van der Waals surface area contributed by atoms with Gasteiger partial charge in [0.25, 0.3) is 5.82 Å². The molecule has 8 aromatic rings. The molecule has 0 spiro atoms. The minimum Gasteiger partial charge on any atom is -0.454 e. The summed E-state index contributed by atoms with van der Waals surface area (Å²) in [5, 5.41) is 2.27. The number of furan rings is 1. The van der Waals surface area contributed by atoms with Crippen molar-refractivity contribution in [3.63, 3.8) is 0 Å². The van der Waals surface area contributed by atoms with E-state index in [0.29, 0.717) is 11.8 Å². The van der Waals surface area contributed by atoms with Crippen LogP contribution >= 0.6 is 0 Å². The smallest absolute Gasteiger partial charge is 0.299 e. The summed E-state index contributed by atoms with van der Waals surface area (Å²) in [5.41, 5.74) is 15.2. The highest BCUT2D eigenvalue weighted by Crippen LogP contribution is 2.44. The molecule has 0 saturated carbocycles. The lowest BCUT2D eigenvalue weighted by Gasteiger charge is -2.21. The maximum Gasteiger partial charge on any atom is 0.299 e. The molecule has 0 N–H and O–H groups in total. The summed E-state index contributed by atoms with van der Waals surface area (Å²) in [4.78, 5) is 0. The van der Waals surface area contributed by atoms with E-state index in [9.17, 15) is 0 Å². The van der Waals surface area contributed by atoms with E-state index < -0.39 is 0 Å². The molecule has 8 rings (SSSR count). The van der Waals surface area contributed by atoms with Crippen molar-refractivity contribution in [1.82, 2.24) is 4.57 Å². The van der Waals surface area contributed by atoms with Crippen molar-refractivity contribution >= 4 is 33.0 Å². The van der Waals surface area contributed by atoms with Crippen LogP contribution in [0.25, 0.3) is 72.3 Å². The second kappa shape index (κ2) is 11.7. The molecule has 0 bridgehead atoms. The van der Waals surface area contributed by atoms with Crippen LogP contribution in [0.4, 0.5) is 0 Å². The van der Waals surface area contributed by atoms with Gasteiger partial charge in [-0.1, -0.05) is 131 Å². The Morgan fingerprint density at radius 3 is 1.85 bits per heavy atom. The van der Waals surface area contributed by atoms with Crippen molar-refractivity contribution < 1.29 is 8.98 Å². The van der Waals surface area contributed by atoms with Crippen LogP contribution in [0.1, 0.15) is 56.2 Å². The zero-order valence-electron chi connectivity index (χ0n) is 28.6. The number of aromatic nitrogens is 2. The third kappa shape index (κ3) is 4.68. The van der Waals surface area contributed by atoms with Gasteiger partial charge in [-0.15, -0.1) is 0 Å². The molecule has 48 heavy (non-hydrogen) atoms. The van der Waals surface area contributed by atoms with Crippen LogP contribution in [0.2, 0.25) is 0 Å². The highest BCUT2D eigenvalue weighted by Gasteiger charge is 2.34. The van der Waals surface area contributed by atoms with Gasteiger partial charge in [-0.3, -0.25) is 0 Å². The number of imidazole rings is 1. The number of fused-ring (bicyclic) bond motifs is 4. The molecule has 6 aromatic carbocycles. The predicted molar refractivity (Wildman–Crippen MR) is 201 cm³/mol. The van der Waals surface area contributed by atoms with E-state index in [1.54, 1.807) is 0 Å². The lowest BCUT2D eigenvalue weighted by atomic mass is 9.88. The van der Waals surface area contributed by atoms with Crippen molar-refractivity contribution in [3.8, 4) is 39.3 Å². The number of nitrogens with zero attached hydrogens (tertiary/aromatic N) is 2. The number of para-hydroxylation sites is 3. The van der Waals surface area contributed by atoms with Gasteiger partial charge in [-0.2, -0.15) is 4.57 Å². The Hall–Kier alpha value is -5.41. The summed E-state index contributed by atoms with van der Waals surface area (Å²) < 4.78 is 11.9. The van der Waals surface area contributed by atoms with E-state index in [2.05, 4.69) is 178 Å². The van der Waals surface area contributed by atoms with Gasteiger partial charge < -0.3 is 4.42 Å². The Kier molecular flexibility index (Phi) is 7.29. The first kappa shape index (κ1) is 30.0. The first-order valence-corrected chi connectivity index (χ1v) is 17.1. The molecule has 0 radical (unpaired) electrons. The molecular weight excluding hydrogens is 585 g/mol. The molecule has 0 aliphatic heterocycles. The quantitative estimate of drug-likeness (QED) is 0.169. The van der Waals surface area contributed by atoms with Gasteiger partial charge in [0.15, 0.2) is 16.6 Å².